The van der Waals surface area contributed by atoms with Crippen LogP contribution < -0.4 is 15.0 Å². The van der Waals surface area contributed by atoms with Crippen molar-refractivity contribution in [3.05, 3.63) is 47.5 Å². The number of hydrogen-bond donors (Lipinski definition) is 2. The van der Waals surface area contributed by atoms with Crippen LogP contribution in [0.5, 0.6) is 5.75 Å². The van der Waals surface area contributed by atoms with Gasteiger partial charge in [-0.25, -0.2) is 0 Å². The standard InChI is InChI=1S/C25H29ClN6O3/c1-15-13-32(14-16(2)34-15)19-7-10-22(21(12-19)24-28-30-31-29-24)27-25(33)23(11-17-3-4-17)35-20-8-5-18(26)6-9-20/h5-10,12,15-17,23H,3-4,11,13-14H2,1-2H3,(H,27,33)(H,28,29,30,31)/t15-,16?,23-/m0/s1. The summed E-state index contributed by atoms with van der Waals surface area (Å²) in [6, 6.07) is 12.9. The van der Waals surface area contributed by atoms with Crippen molar-refractivity contribution in [3.63, 3.8) is 0 Å². The Morgan fingerprint density at radius 2 is 1.94 bits per heavy atom. The maximum atomic E-state index is 13.4. The summed E-state index contributed by atoms with van der Waals surface area (Å²) in [5, 5.41) is 18.2. The molecule has 1 aliphatic heterocycles. The molecule has 2 heterocycles. The van der Waals surface area contributed by atoms with Crippen LogP contribution in [-0.4, -0.2) is 57.9 Å². The summed E-state index contributed by atoms with van der Waals surface area (Å²) in [6.45, 7) is 5.69. The van der Waals surface area contributed by atoms with Crippen molar-refractivity contribution in [2.45, 2.75) is 51.4 Å². The summed E-state index contributed by atoms with van der Waals surface area (Å²) in [7, 11) is 0. The summed E-state index contributed by atoms with van der Waals surface area (Å²) in [4.78, 5) is 15.7. The number of H-pyrrole nitrogens is 1. The van der Waals surface area contributed by atoms with Crippen molar-refractivity contribution < 1.29 is 14.3 Å². The zero-order valence-corrected chi connectivity index (χ0v) is 20.5. The highest BCUT2D eigenvalue weighted by molar-refractivity contribution is 6.30. The second-order valence-electron chi connectivity index (χ2n) is 9.36. The molecule has 0 bridgehead atoms. The molecular weight excluding hydrogens is 468 g/mol. The summed E-state index contributed by atoms with van der Waals surface area (Å²) >= 11 is 6.00. The van der Waals surface area contributed by atoms with Crippen molar-refractivity contribution in [2.24, 2.45) is 5.92 Å². The molecule has 3 aromatic rings. The van der Waals surface area contributed by atoms with Gasteiger partial charge in [0, 0.05) is 29.4 Å². The van der Waals surface area contributed by atoms with Crippen LogP contribution in [0.2, 0.25) is 5.02 Å². The molecule has 0 radical (unpaired) electrons. The lowest BCUT2D eigenvalue weighted by Gasteiger charge is -2.37. The third-order valence-corrected chi connectivity index (χ3v) is 6.51. The molecule has 1 aromatic heterocycles. The molecule has 0 spiro atoms. The molecule has 1 unspecified atom stereocenters. The van der Waals surface area contributed by atoms with Crippen LogP contribution in [-0.2, 0) is 9.53 Å². The van der Waals surface area contributed by atoms with Crippen molar-refractivity contribution in [1.82, 2.24) is 20.6 Å². The Bertz CT molecular complexity index is 1140. The number of anilines is 2. The van der Waals surface area contributed by atoms with E-state index in [0.717, 1.165) is 31.6 Å². The molecule has 1 amide bonds. The number of amides is 1. The number of nitrogens with zero attached hydrogens (tertiary/aromatic N) is 4. The summed E-state index contributed by atoms with van der Waals surface area (Å²) in [5.74, 6) is 1.31. The maximum absolute atomic E-state index is 13.4. The van der Waals surface area contributed by atoms with E-state index in [1.54, 1.807) is 24.3 Å². The quantitative estimate of drug-likeness (QED) is 0.478. The highest BCUT2D eigenvalue weighted by Crippen LogP contribution is 2.36. The fourth-order valence-corrected chi connectivity index (χ4v) is 4.57. The van der Waals surface area contributed by atoms with E-state index >= 15 is 0 Å². The highest BCUT2D eigenvalue weighted by atomic mass is 35.5. The van der Waals surface area contributed by atoms with Crippen molar-refractivity contribution in [1.29, 1.82) is 0 Å². The molecule has 1 saturated heterocycles. The van der Waals surface area contributed by atoms with E-state index in [9.17, 15) is 4.79 Å². The number of nitrogens with one attached hydrogen (secondary N) is 2. The second kappa shape index (κ2) is 10.2. The third-order valence-electron chi connectivity index (χ3n) is 6.26. The number of morpholine rings is 1. The minimum atomic E-state index is -0.623. The smallest absolute Gasteiger partial charge is 0.265 e. The summed E-state index contributed by atoms with van der Waals surface area (Å²) < 4.78 is 12.0. The van der Waals surface area contributed by atoms with Crippen LogP contribution in [0.3, 0.4) is 0 Å². The van der Waals surface area contributed by atoms with E-state index < -0.39 is 6.10 Å². The number of carbonyl (C=O) groups is 1. The Labute approximate surface area is 209 Å². The first-order valence-corrected chi connectivity index (χ1v) is 12.3. The molecule has 9 nitrogen and oxygen atoms in total. The molecule has 10 heteroatoms. The average Bonchev–Trinajstić information content (AvgIpc) is 3.48. The van der Waals surface area contributed by atoms with Crippen LogP contribution in [0.1, 0.15) is 33.1 Å². The lowest BCUT2D eigenvalue weighted by Crippen LogP contribution is -2.45. The predicted molar refractivity (Wildman–Crippen MR) is 134 cm³/mol. The van der Waals surface area contributed by atoms with Crippen LogP contribution in [0, 0.1) is 5.92 Å². The van der Waals surface area contributed by atoms with E-state index in [-0.39, 0.29) is 18.1 Å². The van der Waals surface area contributed by atoms with Crippen molar-refractivity contribution >= 4 is 28.9 Å². The van der Waals surface area contributed by atoms with E-state index in [0.29, 0.717) is 40.2 Å². The number of aromatic amines is 1. The Morgan fingerprint density at radius 3 is 2.60 bits per heavy atom. The number of aromatic nitrogens is 4. The van der Waals surface area contributed by atoms with Gasteiger partial charge >= 0.3 is 0 Å². The van der Waals surface area contributed by atoms with Crippen LogP contribution in [0.4, 0.5) is 11.4 Å². The first kappa shape index (κ1) is 23.6. The third kappa shape index (κ3) is 5.91. The molecule has 2 fully saturated rings. The largest absolute Gasteiger partial charge is 0.481 e. The lowest BCUT2D eigenvalue weighted by molar-refractivity contribution is -0.123. The SMILES string of the molecule is CC1CN(c2ccc(NC(=O)[C@H](CC3CC3)Oc3ccc(Cl)cc3)c(-c3nn[nH]n3)c2)C[C@H](C)O1. The average molecular weight is 497 g/mol. The Hall–Kier alpha value is -3.17. The van der Waals surface area contributed by atoms with Gasteiger partial charge in [0.25, 0.3) is 5.91 Å². The fourth-order valence-electron chi connectivity index (χ4n) is 4.44. The van der Waals surface area contributed by atoms with Crippen molar-refractivity contribution in [3.8, 4) is 17.1 Å². The zero-order chi connectivity index (χ0) is 24.4. The molecule has 3 atom stereocenters. The van der Waals surface area contributed by atoms with E-state index in [4.69, 9.17) is 21.1 Å². The molecular formula is C25H29ClN6O3. The first-order valence-electron chi connectivity index (χ1n) is 12.0. The molecule has 1 aliphatic carbocycles. The number of carbonyl (C=O) groups excluding carboxylic acids is 1. The molecule has 2 N–H and O–H groups in total. The minimum absolute atomic E-state index is 0.125. The number of halogens is 1. The summed E-state index contributed by atoms with van der Waals surface area (Å²) in [5.41, 5.74) is 2.31. The number of tetrazole rings is 1. The first-order chi connectivity index (χ1) is 16.9. The van der Waals surface area contributed by atoms with Gasteiger partial charge in [-0.15, -0.1) is 10.2 Å². The highest BCUT2D eigenvalue weighted by Gasteiger charge is 2.32. The minimum Gasteiger partial charge on any atom is -0.481 e. The topological polar surface area (TPSA) is 105 Å². The van der Waals surface area contributed by atoms with Crippen LogP contribution in [0.25, 0.3) is 11.4 Å². The van der Waals surface area contributed by atoms with Crippen molar-refractivity contribution in [2.75, 3.05) is 23.3 Å². The maximum Gasteiger partial charge on any atom is 0.265 e. The second-order valence-corrected chi connectivity index (χ2v) is 9.79. The van der Waals surface area contributed by atoms with Gasteiger partial charge in [0.05, 0.1) is 17.9 Å². The monoisotopic (exact) mass is 496 g/mol. The Morgan fingerprint density at radius 1 is 1.20 bits per heavy atom. The van der Waals surface area contributed by atoms with Gasteiger partial charge in [0.1, 0.15) is 5.75 Å². The summed E-state index contributed by atoms with van der Waals surface area (Å²) in [6.07, 6.45) is 2.52. The van der Waals surface area contributed by atoms with Gasteiger partial charge in [-0.2, -0.15) is 5.21 Å². The lowest BCUT2D eigenvalue weighted by atomic mass is 10.1. The number of ether oxygens (including phenoxy) is 2. The molecule has 2 aliphatic rings. The Balaban J connectivity index is 1.39. The number of benzene rings is 2. The molecule has 2 aromatic carbocycles. The van der Waals surface area contributed by atoms with Gasteiger partial charge in [0.2, 0.25) is 5.82 Å². The van der Waals surface area contributed by atoms with E-state index in [1.807, 2.05) is 18.2 Å². The Kier molecular flexibility index (Phi) is 6.88. The number of rotatable bonds is 8. The molecule has 5 rings (SSSR count). The predicted octanol–water partition coefficient (Wildman–Crippen LogP) is 4.32. The van der Waals surface area contributed by atoms with Gasteiger partial charge in [-0.3, -0.25) is 4.79 Å². The zero-order valence-electron chi connectivity index (χ0n) is 19.8. The van der Waals surface area contributed by atoms with Crippen LogP contribution in [0.15, 0.2) is 42.5 Å². The molecule has 1 saturated carbocycles. The normalized spacial score (nSPS) is 20.9. The van der Waals surface area contributed by atoms with Crippen LogP contribution >= 0.6 is 11.6 Å². The molecule has 35 heavy (non-hydrogen) atoms. The number of hydrogen-bond acceptors (Lipinski definition) is 7. The van der Waals surface area contributed by atoms with E-state index in [1.165, 1.54) is 0 Å². The fraction of sp³-hybridized carbons (Fsp3) is 0.440. The molecule has 184 valence electrons. The van der Waals surface area contributed by atoms with Gasteiger partial charge < -0.3 is 19.7 Å². The van der Waals surface area contributed by atoms with Gasteiger partial charge in [0.15, 0.2) is 6.10 Å². The van der Waals surface area contributed by atoms with E-state index in [2.05, 4.69) is 44.7 Å². The van der Waals surface area contributed by atoms with Gasteiger partial charge in [-0.1, -0.05) is 24.4 Å². The van der Waals surface area contributed by atoms with Gasteiger partial charge in [-0.05, 0) is 73.9 Å².